The number of nitrogens with zero attached hydrogens (tertiary/aromatic N) is 2. The first-order chi connectivity index (χ1) is 13.1. The molecule has 1 fully saturated rings. The lowest BCUT2D eigenvalue weighted by Crippen LogP contribution is -2.51. The molecule has 0 saturated carbocycles. The number of carbonyl (C=O) groups excluding carboxylic acids is 2. The molecule has 0 unspecified atom stereocenters. The van der Waals surface area contributed by atoms with Gasteiger partial charge in [-0.05, 0) is 49.4 Å². The Morgan fingerprint density at radius 1 is 1.11 bits per heavy atom. The highest BCUT2D eigenvalue weighted by molar-refractivity contribution is 5.88. The van der Waals surface area contributed by atoms with Gasteiger partial charge in [-0.3, -0.25) is 14.5 Å². The molecule has 0 atom stereocenters. The van der Waals surface area contributed by atoms with Crippen LogP contribution in [-0.2, 0) is 28.9 Å². The van der Waals surface area contributed by atoms with Crippen LogP contribution in [0.3, 0.4) is 0 Å². The summed E-state index contributed by atoms with van der Waals surface area (Å²) in [5.41, 5.74) is 4.66. The number of rotatable bonds is 5. The summed E-state index contributed by atoms with van der Waals surface area (Å²) in [6, 6.07) is 4.36. The Morgan fingerprint density at radius 3 is 2.59 bits per heavy atom. The van der Waals surface area contributed by atoms with Gasteiger partial charge in [-0.1, -0.05) is 0 Å². The highest BCUT2D eigenvalue weighted by Gasteiger charge is 2.24. The van der Waals surface area contributed by atoms with Gasteiger partial charge in [-0.15, -0.1) is 0 Å². The van der Waals surface area contributed by atoms with Gasteiger partial charge in [0.1, 0.15) is 5.58 Å². The minimum absolute atomic E-state index is 0.0506. The largest absolute Gasteiger partial charge is 0.464 e. The highest BCUT2D eigenvalue weighted by Crippen LogP contribution is 2.30. The van der Waals surface area contributed by atoms with E-state index in [1.165, 1.54) is 17.5 Å². The number of amides is 2. The molecule has 1 aliphatic heterocycles. The van der Waals surface area contributed by atoms with Crippen LogP contribution in [-0.4, -0.2) is 60.9 Å². The lowest BCUT2D eigenvalue weighted by Gasteiger charge is -2.34. The monoisotopic (exact) mass is 369 g/mol. The van der Waals surface area contributed by atoms with Crippen LogP contribution in [0.25, 0.3) is 11.0 Å². The predicted octanol–water partition coefficient (Wildman–Crippen LogP) is 1.74. The summed E-state index contributed by atoms with van der Waals surface area (Å²) in [6.45, 7) is 5.80. The van der Waals surface area contributed by atoms with Crippen LogP contribution in [0.5, 0.6) is 0 Å². The van der Waals surface area contributed by atoms with Crippen molar-refractivity contribution in [3.05, 3.63) is 35.1 Å². The van der Waals surface area contributed by atoms with E-state index in [1.807, 2.05) is 11.8 Å². The first kappa shape index (κ1) is 18.0. The number of hydrogen-bond donors (Lipinski definition) is 1. The molecule has 1 saturated heterocycles. The fraction of sp³-hybridized carbons (Fsp3) is 0.524. The quantitative estimate of drug-likeness (QED) is 0.872. The topological polar surface area (TPSA) is 65.8 Å². The summed E-state index contributed by atoms with van der Waals surface area (Å²) in [5, 5.41) is 3.90. The van der Waals surface area contributed by atoms with Gasteiger partial charge in [0.05, 0.1) is 19.2 Å². The molecule has 6 nitrogen and oxygen atoms in total. The van der Waals surface area contributed by atoms with E-state index in [4.69, 9.17) is 4.42 Å². The molecule has 0 spiro atoms. The molecule has 2 amide bonds. The molecule has 2 heterocycles. The molecular formula is C21H27N3O3. The fourth-order valence-corrected chi connectivity index (χ4v) is 4.17. The predicted molar refractivity (Wildman–Crippen MR) is 104 cm³/mol. The lowest BCUT2D eigenvalue weighted by atomic mass is 10.0. The summed E-state index contributed by atoms with van der Waals surface area (Å²) in [4.78, 5) is 28.5. The van der Waals surface area contributed by atoms with E-state index < -0.39 is 0 Å². The Kier molecular flexibility index (Phi) is 5.16. The highest BCUT2D eigenvalue weighted by atomic mass is 16.3. The first-order valence-electron chi connectivity index (χ1n) is 9.92. The average molecular weight is 369 g/mol. The molecule has 1 aromatic carbocycles. The Bertz CT molecular complexity index is 850. The number of carbonyl (C=O) groups is 2. The van der Waals surface area contributed by atoms with Crippen molar-refractivity contribution < 1.29 is 14.0 Å². The summed E-state index contributed by atoms with van der Waals surface area (Å²) in [5.74, 6) is 0.186. The zero-order chi connectivity index (χ0) is 18.8. The normalized spacial score (nSPS) is 17.3. The van der Waals surface area contributed by atoms with Gasteiger partial charge in [-0.2, -0.15) is 0 Å². The van der Waals surface area contributed by atoms with Gasteiger partial charge in [0.25, 0.3) is 0 Å². The smallest absolute Gasteiger partial charge is 0.234 e. The molecule has 144 valence electrons. The maximum atomic E-state index is 12.8. The SMILES string of the molecule is CCNC(=O)CN1CCN(C(=O)Cc2coc3cc4c(cc23)CCC4)CC1. The third-order valence-electron chi connectivity index (χ3n) is 5.68. The van der Waals surface area contributed by atoms with Gasteiger partial charge in [0.2, 0.25) is 11.8 Å². The number of furan rings is 1. The van der Waals surface area contributed by atoms with E-state index in [9.17, 15) is 9.59 Å². The molecule has 4 rings (SSSR count). The van der Waals surface area contributed by atoms with E-state index in [0.717, 1.165) is 42.5 Å². The molecule has 1 aromatic heterocycles. The van der Waals surface area contributed by atoms with Crippen LogP contribution in [0, 0.1) is 0 Å². The molecule has 0 bridgehead atoms. The molecule has 2 aliphatic rings. The standard InChI is InChI=1S/C21H27N3O3/c1-2-22-20(25)13-23-6-8-24(9-7-23)21(26)12-17-14-27-19-11-16-5-3-4-15(16)10-18(17)19/h10-11,14H,2-9,12-13H2,1H3,(H,22,25). The molecule has 1 N–H and O–H groups in total. The van der Waals surface area contributed by atoms with Crippen molar-refractivity contribution in [3.63, 3.8) is 0 Å². The van der Waals surface area contributed by atoms with E-state index in [1.54, 1.807) is 6.26 Å². The number of likely N-dealkylation sites (N-methyl/N-ethyl adjacent to an activating group) is 1. The minimum atomic E-state index is 0.0506. The van der Waals surface area contributed by atoms with Gasteiger partial charge in [0.15, 0.2) is 0 Å². The van der Waals surface area contributed by atoms with Crippen molar-refractivity contribution in [2.75, 3.05) is 39.3 Å². The average Bonchev–Trinajstić information content (AvgIpc) is 3.27. The number of piperazine rings is 1. The second kappa shape index (κ2) is 7.72. The van der Waals surface area contributed by atoms with Crippen LogP contribution < -0.4 is 5.32 Å². The maximum Gasteiger partial charge on any atom is 0.234 e. The van der Waals surface area contributed by atoms with Crippen molar-refractivity contribution >= 4 is 22.8 Å². The number of nitrogens with one attached hydrogen (secondary N) is 1. The maximum absolute atomic E-state index is 12.8. The van der Waals surface area contributed by atoms with Gasteiger partial charge >= 0.3 is 0 Å². The van der Waals surface area contributed by atoms with E-state index in [-0.39, 0.29) is 11.8 Å². The molecule has 2 aromatic rings. The van der Waals surface area contributed by atoms with Crippen molar-refractivity contribution in [2.24, 2.45) is 0 Å². The number of fused-ring (bicyclic) bond motifs is 2. The van der Waals surface area contributed by atoms with Crippen LogP contribution >= 0.6 is 0 Å². The third-order valence-corrected chi connectivity index (χ3v) is 5.68. The van der Waals surface area contributed by atoms with Crippen LogP contribution in [0.15, 0.2) is 22.8 Å². The first-order valence-corrected chi connectivity index (χ1v) is 9.92. The summed E-state index contributed by atoms with van der Waals surface area (Å²) >= 11 is 0. The van der Waals surface area contributed by atoms with Crippen molar-refractivity contribution in [1.29, 1.82) is 0 Å². The zero-order valence-electron chi connectivity index (χ0n) is 15.9. The van der Waals surface area contributed by atoms with Crippen molar-refractivity contribution in [2.45, 2.75) is 32.6 Å². The second-order valence-corrected chi connectivity index (χ2v) is 7.52. The van der Waals surface area contributed by atoms with E-state index in [0.29, 0.717) is 32.6 Å². The Balaban J connectivity index is 1.36. The number of benzene rings is 1. The van der Waals surface area contributed by atoms with Gasteiger partial charge in [0, 0.05) is 43.7 Å². The fourth-order valence-electron chi connectivity index (χ4n) is 4.17. The zero-order valence-corrected chi connectivity index (χ0v) is 15.9. The van der Waals surface area contributed by atoms with Crippen LogP contribution in [0.1, 0.15) is 30.0 Å². The minimum Gasteiger partial charge on any atom is -0.464 e. The van der Waals surface area contributed by atoms with E-state index in [2.05, 4.69) is 22.3 Å². The lowest BCUT2D eigenvalue weighted by molar-refractivity contribution is -0.132. The van der Waals surface area contributed by atoms with Gasteiger partial charge in [-0.25, -0.2) is 0 Å². The van der Waals surface area contributed by atoms with Crippen LogP contribution in [0.4, 0.5) is 0 Å². The van der Waals surface area contributed by atoms with E-state index >= 15 is 0 Å². The number of aryl methyl sites for hydroxylation is 2. The van der Waals surface area contributed by atoms with Crippen LogP contribution in [0.2, 0.25) is 0 Å². The molecule has 27 heavy (non-hydrogen) atoms. The number of hydrogen-bond acceptors (Lipinski definition) is 4. The summed E-state index contributed by atoms with van der Waals surface area (Å²) < 4.78 is 5.72. The Labute approximate surface area is 159 Å². The Hall–Kier alpha value is -2.34. The molecular weight excluding hydrogens is 342 g/mol. The Morgan fingerprint density at radius 2 is 1.85 bits per heavy atom. The molecule has 6 heteroatoms. The van der Waals surface area contributed by atoms with Gasteiger partial charge < -0.3 is 14.6 Å². The molecule has 1 aliphatic carbocycles. The van der Waals surface area contributed by atoms with Crippen molar-refractivity contribution in [1.82, 2.24) is 15.1 Å². The summed E-state index contributed by atoms with van der Waals surface area (Å²) in [6.07, 6.45) is 5.57. The summed E-state index contributed by atoms with van der Waals surface area (Å²) in [7, 11) is 0. The van der Waals surface area contributed by atoms with Crippen molar-refractivity contribution in [3.8, 4) is 0 Å². The molecule has 0 radical (unpaired) electrons. The third kappa shape index (κ3) is 3.86. The second-order valence-electron chi connectivity index (χ2n) is 7.52.